The van der Waals surface area contributed by atoms with Crippen LogP contribution in [0.3, 0.4) is 0 Å². The van der Waals surface area contributed by atoms with Crippen LogP contribution < -0.4 is 10.2 Å². The molecule has 3 heteroatoms. The van der Waals surface area contributed by atoms with Crippen molar-refractivity contribution in [2.45, 2.75) is 25.7 Å². The number of hydrogen-bond acceptors (Lipinski definition) is 2. The Kier molecular flexibility index (Phi) is 13.5. The molecule has 0 spiro atoms. The molecule has 0 saturated carbocycles. The van der Waals surface area contributed by atoms with E-state index in [2.05, 4.69) is 24.3 Å². The third kappa shape index (κ3) is 10.5. The van der Waals surface area contributed by atoms with Crippen LogP contribution in [0.1, 0.15) is 24.0 Å². The van der Waals surface area contributed by atoms with Crippen molar-refractivity contribution < 1.29 is 10.2 Å². The van der Waals surface area contributed by atoms with Crippen LogP contribution in [0.25, 0.3) is 0 Å². The normalized spacial score (nSPS) is 9.24. The van der Waals surface area contributed by atoms with Gasteiger partial charge in [-0.1, -0.05) is 73.5 Å². The smallest absolute Gasteiger partial charge is 0.854 e. The fraction of sp³-hybridized carbons (Fsp3) is 0.333. The largest absolute Gasteiger partial charge is 2.00 e. The van der Waals surface area contributed by atoms with Crippen LogP contribution in [0.2, 0.25) is 0 Å². The molecule has 2 rings (SSSR count). The van der Waals surface area contributed by atoms with E-state index in [4.69, 9.17) is 0 Å². The van der Waals surface area contributed by atoms with E-state index in [1.165, 1.54) is 11.1 Å². The summed E-state index contributed by atoms with van der Waals surface area (Å²) in [6.45, 7) is 0.0732. The molecule has 0 unspecified atom stereocenters. The van der Waals surface area contributed by atoms with Crippen LogP contribution in [0, 0.1) is 0 Å². The van der Waals surface area contributed by atoms with Crippen molar-refractivity contribution in [2.24, 2.45) is 0 Å². The third-order valence-electron chi connectivity index (χ3n) is 2.91. The zero-order chi connectivity index (χ0) is 14.5. The molecule has 108 valence electrons. The summed E-state index contributed by atoms with van der Waals surface area (Å²) in [5.74, 6) is 0. The van der Waals surface area contributed by atoms with Gasteiger partial charge in [0.1, 0.15) is 0 Å². The number of aryl methyl sites for hydroxylation is 2. The van der Waals surface area contributed by atoms with Crippen molar-refractivity contribution in [2.75, 3.05) is 13.2 Å². The van der Waals surface area contributed by atoms with Crippen LogP contribution in [0.4, 0.5) is 0 Å². The molecule has 0 fully saturated rings. The van der Waals surface area contributed by atoms with Gasteiger partial charge in [-0.05, 0) is 24.0 Å². The van der Waals surface area contributed by atoms with Gasteiger partial charge in [0, 0.05) is 0 Å². The Morgan fingerprint density at radius 1 is 0.571 bits per heavy atom. The molecule has 0 aliphatic heterocycles. The van der Waals surface area contributed by atoms with Crippen molar-refractivity contribution in [1.82, 2.24) is 0 Å². The van der Waals surface area contributed by atoms with E-state index in [-0.39, 0.29) is 36.3 Å². The molecule has 2 nitrogen and oxygen atoms in total. The zero-order valence-electron chi connectivity index (χ0n) is 12.5. The van der Waals surface area contributed by atoms with Gasteiger partial charge in [0.05, 0.1) is 0 Å². The molecule has 0 bridgehead atoms. The molecule has 0 N–H and O–H groups in total. The first-order valence-electron chi connectivity index (χ1n) is 7.11. The van der Waals surface area contributed by atoms with Crippen molar-refractivity contribution in [3.63, 3.8) is 0 Å². The van der Waals surface area contributed by atoms with Gasteiger partial charge in [-0.2, -0.15) is 0 Å². The molecule has 0 heterocycles. The predicted molar refractivity (Wildman–Crippen MR) is 85.0 cm³/mol. The summed E-state index contributed by atoms with van der Waals surface area (Å²) in [5, 5.41) is 20.2. The number of benzene rings is 2. The first-order chi connectivity index (χ1) is 9.86. The Balaban J connectivity index is 0.000000364. The molecule has 2 aromatic carbocycles. The summed E-state index contributed by atoms with van der Waals surface area (Å²) in [6, 6.07) is 20.2. The van der Waals surface area contributed by atoms with Crippen molar-refractivity contribution in [1.29, 1.82) is 0 Å². The van der Waals surface area contributed by atoms with Gasteiger partial charge in [-0.15, -0.1) is 13.2 Å². The Bertz CT molecular complexity index is 388. The average Bonchev–Trinajstić information content (AvgIpc) is 2.53. The Hall–Kier alpha value is -0.874. The number of hydrogen-bond donors (Lipinski definition) is 0. The Morgan fingerprint density at radius 2 is 0.905 bits per heavy atom. The second-order valence-corrected chi connectivity index (χ2v) is 4.59. The fourth-order valence-electron chi connectivity index (χ4n) is 1.84. The second-order valence-electron chi connectivity index (χ2n) is 4.59. The minimum absolute atomic E-state index is 0. The molecule has 0 atom stereocenters. The van der Waals surface area contributed by atoms with E-state index in [1.54, 1.807) is 0 Å². The minimum atomic E-state index is 0. The molecular weight excluding hydrogens is 273 g/mol. The molecule has 0 amide bonds. The van der Waals surface area contributed by atoms with E-state index in [0.29, 0.717) is 0 Å². The van der Waals surface area contributed by atoms with Gasteiger partial charge in [0.2, 0.25) is 0 Å². The van der Waals surface area contributed by atoms with E-state index in [9.17, 15) is 10.2 Å². The van der Waals surface area contributed by atoms with Crippen LogP contribution in [0.15, 0.2) is 60.7 Å². The summed E-state index contributed by atoms with van der Waals surface area (Å²) in [4.78, 5) is 0. The van der Waals surface area contributed by atoms with Crippen LogP contribution >= 0.6 is 0 Å². The molecule has 21 heavy (non-hydrogen) atoms. The molecule has 0 aromatic heterocycles. The topological polar surface area (TPSA) is 46.1 Å². The van der Waals surface area contributed by atoms with E-state index < -0.39 is 0 Å². The van der Waals surface area contributed by atoms with Crippen LogP contribution in [-0.4, -0.2) is 36.3 Å². The van der Waals surface area contributed by atoms with Gasteiger partial charge in [0.25, 0.3) is 0 Å². The van der Waals surface area contributed by atoms with Gasteiger partial charge < -0.3 is 10.2 Å². The molecule has 0 aliphatic rings. The molecule has 0 radical (unpaired) electrons. The van der Waals surface area contributed by atoms with Crippen LogP contribution in [0.5, 0.6) is 0 Å². The van der Waals surface area contributed by atoms with E-state index >= 15 is 0 Å². The minimum Gasteiger partial charge on any atom is -0.854 e. The van der Waals surface area contributed by atoms with Crippen molar-refractivity contribution in [3.05, 3.63) is 71.8 Å². The zero-order valence-corrected chi connectivity index (χ0v) is 14.0. The van der Waals surface area contributed by atoms with Crippen LogP contribution in [-0.2, 0) is 12.8 Å². The maximum absolute atomic E-state index is 10.1. The molecule has 0 saturated heterocycles. The van der Waals surface area contributed by atoms with Gasteiger partial charge in [0.15, 0.2) is 0 Å². The van der Waals surface area contributed by atoms with Gasteiger partial charge in [-0.3, -0.25) is 0 Å². The average molecular weight is 295 g/mol. The predicted octanol–water partition coefficient (Wildman–Crippen LogP) is 1.58. The summed E-state index contributed by atoms with van der Waals surface area (Å²) in [6.07, 6.45) is 3.35. The van der Waals surface area contributed by atoms with E-state index in [1.807, 2.05) is 36.4 Å². The Labute approximate surface area is 144 Å². The fourth-order valence-corrected chi connectivity index (χ4v) is 1.84. The molecule has 2 aromatic rings. The van der Waals surface area contributed by atoms with Crippen molar-refractivity contribution >= 4 is 23.1 Å². The monoisotopic (exact) mass is 294 g/mol. The maximum Gasteiger partial charge on any atom is 2.00 e. The standard InChI is InChI=1S/2C9H11O.Mg/c2*10-8-4-7-9-5-2-1-3-6-9;/h2*1-3,5-6H,4,7-8H2;/q2*-1;+2. The second kappa shape index (κ2) is 14.1. The van der Waals surface area contributed by atoms with Crippen molar-refractivity contribution in [3.8, 4) is 0 Å². The Morgan fingerprint density at radius 3 is 1.19 bits per heavy atom. The third-order valence-corrected chi connectivity index (χ3v) is 2.91. The number of rotatable bonds is 6. The summed E-state index contributed by atoms with van der Waals surface area (Å²) >= 11 is 0. The first-order valence-corrected chi connectivity index (χ1v) is 7.11. The quantitative estimate of drug-likeness (QED) is 0.759. The van der Waals surface area contributed by atoms with Gasteiger partial charge in [-0.25, -0.2) is 0 Å². The first kappa shape index (κ1) is 20.1. The SMILES string of the molecule is [Mg+2].[O-]CCCc1ccccc1.[O-]CCCc1ccccc1. The summed E-state index contributed by atoms with van der Waals surface area (Å²) in [5.41, 5.74) is 2.52. The summed E-state index contributed by atoms with van der Waals surface area (Å²) in [7, 11) is 0. The maximum atomic E-state index is 10.1. The summed E-state index contributed by atoms with van der Waals surface area (Å²) < 4.78 is 0. The van der Waals surface area contributed by atoms with Gasteiger partial charge >= 0.3 is 23.1 Å². The molecular formula is C18H22MgO2. The van der Waals surface area contributed by atoms with E-state index in [0.717, 1.165) is 25.7 Å². The molecule has 0 aliphatic carbocycles.